The second-order valence-electron chi connectivity index (χ2n) is 8.51. The van der Waals surface area contributed by atoms with Crippen molar-refractivity contribution in [2.24, 2.45) is 0 Å². The third-order valence-electron chi connectivity index (χ3n) is 6.44. The first-order valence-corrected chi connectivity index (χ1v) is 11.7. The van der Waals surface area contributed by atoms with Crippen LogP contribution in [0.15, 0.2) is 72.8 Å². The Balaban J connectivity index is 1.73. The van der Waals surface area contributed by atoms with E-state index in [0.29, 0.717) is 28.3 Å². The summed E-state index contributed by atoms with van der Waals surface area (Å²) in [6, 6.07) is 21.3. The van der Waals surface area contributed by atoms with E-state index in [4.69, 9.17) is 14.5 Å². The van der Waals surface area contributed by atoms with Gasteiger partial charge in [-0.3, -0.25) is 14.6 Å². The summed E-state index contributed by atoms with van der Waals surface area (Å²) in [5.74, 6) is 0.498. The minimum absolute atomic E-state index is 0.391. The molecule has 176 valence electrons. The van der Waals surface area contributed by atoms with Crippen molar-refractivity contribution in [3.8, 4) is 11.5 Å². The number of anilines is 1. The van der Waals surface area contributed by atoms with Crippen LogP contribution in [0.25, 0.3) is 10.9 Å². The fourth-order valence-electron chi connectivity index (χ4n) is 4.62. The maximum atomic E-state index is 14.0. The van der Waals surface area contributed by atoms with E-state index < -0.39 is 11.8 Å². The number of aryl methyl sites for hydroxylation is 1. The number of carbonyl (C=O) groups is 2. The first-order valence-electron chi connectivity index (χ1n) is 11.7. The van der Waals surface area contributed by atoms with Gasteiger partial charge in [0, 0.05) is 22.2 Å². The van der Waals surface area contributed by atoms with Gasteiger partial charge in [0.1, 0.15) is 11.5 Å². The summed E-state index contributed by atoms with van der Waals surface area (Å²) in [6.07, 6.45) is 3.62. The Hall–Kier alpha value is -4.19. The summed E-state index contributed by atoms with van der Waals surface area (Å²) < 4.78 is 10.5. The Labute approximate surface area is 204 Å². The average molecular weight is 467 g/mol. The third kappa shape index (κ3) is 4.23. The number of benzene rings is 3. The van der Waals surface area contributed by atoms with E-state index in [-0.39, 0.29) is 0 Å². The first-order chi connectivity index (χ1) is 17.1. The molecule has 2 amide bonds. The van der Waals surface area contributed by atoms with Gasteiger partial charge in [-0.15, -0.1) is 0 Å². The molecule has 0 radical (unpaired) electrons. The average Bonchev–Trinajstić information content (AvgIpc) is 2.92. The van der Waals surface area contributed by atoms with Gasteiger partial charge in [0.15, 0.2) is 0 Å². The van der Waals surface area contributed by atoms with E-state index in [0.717, 1.165) is 47.8 Å². The molecule has 0 fully saturated rings. The van der Waals surface area contributed by atoms with Gasteiger partial charge in [-0.05, 0) is 85.8 Å². The molecule has 1 aromatic heterocycles. The van der Waals surface area contributed by atoms with Crippen LogP contribution in [0.2, 0.25) is 0 Å². The summed E-state index contributed by atoms with van der Waals surface area (Å²) in [5, 5.41) is 0.789. The minimum atomic E-state index is -0.391. The van der Waals surface area contributed by atoms with Crippen LogP contribution in [0.4, 0.5) is 5.69 Å². The molecular formula is C29H26N2O4. The third-order valence-corrected chi connectivity index (χ3v) is 6.44. The number of para-hydroxylation sites is 1. The van der Waals surface area contributed by atoms with Crippen LogP contribution in [-0.2, 0) is 12.8 Å². The summed E-state index contributed by atoms with van der Waals surface area (Å²) in [4.78, 5) is 34.3. The minimum Gasteiger partial charge on any atom is -0.497 e. The summed E-state index contributed by atoms with van der Waals surface area (Å²) >= 11 is 0. The predicted molar refractivity (Wildman–Crippen MR) is 136 cm³/mol. The zero-order chi connectivity index (χ0) is 24.4. The van der Waals surface area contributed by atoms with Gasteiger partial charge < -0.3 is 9.47 Å². The number of methoxy groups -OCH3 is 2. The van der Waals surface area contributed by atoms with E-state index in [1.54, 1.807) is 62.8 Å². The van der Waals surface area contributed by atoms with Crippen molar-refractivity contribution < 1.29 is 19.1 Å². The normalized spacial score (nSPS) is 12.6. The molecule has 1 heterocycles. The number of pyridine rings is 1. The van der Waals surface area contributed by atoms with Crippen LogP contribution >= 0.6 is 0 Å². The molecule has 1 aliphatic carbocycles. The summed E-state index contributed by atoms with van der Waals surface area (Å²) in [5.41, 5.74) is 4.14. The molecule has 0 spiro atoms. The lowest BCUT2D eigenvalue weighted by atomic mass is 9.91. The second kappa shape index (κ2) is 9.58. The molecule has 0 bridgehead atoms. The van der Waals surface area contributed by atoms with E-state index in [1.165, 1.54) is 4.90 Å². The molecule has 0 aliphatic heterocycles. The van der Waals surface area contributed by atoms with Crippen molar-refractivity contribution in [3.63, 3.8) is 0 Å². The number of fused-ring (bicyclic) bond motifs is 2. The molecule has 0 saturated carbocycles. The highest BCUT2D eigenvalue weighted by Gasteiger charge is 2.32. The highest BCUT2D eigenvalue weighted by Crippen LogP contribution is 2.37. The largest absolute Gasteiger partial charge is 0.497 e. The van der Waals surface area contributed by atoms with Crippen LogP contribution in [-0.4, -0.2) is 31.0 Å². The molecule has 1 aliphatic rings. The van der Waals surface area contributed by atoms with Crippen LogP contribution in [0, 0.1) is 0 Å². The van der Waals surface area contributed by atoms with Gasteiger partial charge in [0.2, 0.25) is 0 Å². The van der Waals surface area contributed by atoms with Crippen LogP contribution < -0.4 is 14.4 Å². The van der Waals surface area contributed by atoms with E-state index in [1.807, 2.05) is 24.3 Å². The van der Waals surface area contributed by atoms with Gasteiger partial charge in [0.25, 0.3) is 11.8 Å². The molecule has 0 N–H and O–H groups in total. The Morgan fingerprint density at radius 3 is 1.86 bits per heavy atom. The Morgan fingerprint density at radius 2 is 1.29 bits per heavy atom. The number of rotatable bonds is 5. The molecule has 3 aromatic carbocycles. The first kappa shape index (κ1) is 22.6. The van der Waals surface area contributed by atoms with Gasteiger partial charge in [-0.1, -0.05) is 18.2 Å². The maximum absolute atomic E-state index is 14.0. The molecule has 0 unspecified atom stereocenters. The number of imide groups is 1. The van der Waals surface area contributed by atoms with Crippen molar-refractivity contribution in [1.82, 2.24) is 4.98 Å². The fourth-order valence-corrected chi connectivity index (χ4v) is 4.62. The molecule has 5 rings (SSSR count). The second-order valence-corrected chi connectivity index (χ2v) is 8.51. The lowest BCUT2D eigenvalue weighted by molar-refractivity contribution is 0.0897. The number of aromatic nitrogens is 1. The highest BCUT2D eigenvalue weighted by atomic mass is 16.5. The SMILES string of the molecule is COc1ccc(C(=O)N(C(=O)c2ccc(OC)cc2)c2c3c(nc4ccccc24)CCCC3)cc1. The molecule has 4 aromatic rings. The summed E-state index contributed by atoms with van der Waals surface area (Å²) in [6.45, 7) is 0. The molecule has 6 nitrogen and oxygen atoms in total. The Kier molecular flexibility index (Phi) is 6.19. The van der Waals surface area contributed by atoms with Gasteiger partial charge in [-0.2, -0.15) is 0 Å². The Morgan fingerprint density at radius 1 is 0.743 bits per heavy atom. The standard InChI is InChI=1S/C29H26N2O4/c1-34-21-15-11-19(12-16-21)28(32)31(29(33)20-13-17-22(35-2)18-14-20)27-23-7-3-5-9-25(23)30-26-10-6-4-8-24(26)27/h3,5,7,9,11-18H,4,6,8,10H2,1-2H3. The highest BCUT2D eigenvalue weighted by molar-refractivity contribution is 6.28. The zero-order valence-corrected chi connectivity index (χ0v) is 19.8. The molecular weight excluding hydrogens is 440 g/mol. The lowest BCUT2D eigenvalue weighted by Gasteiger charge is -2.28. The van der Waals surface area contributed by atoms with Crippen molar-refractivity contribution in [2.45, 2.75) is 25.7 Å². The van der Waals surface area contributed by atoms with E-state index in [2.05, 4.69) is 0 Å². The number of nitrogens with zero attached hydrogens (tertiary/aromatic N) is 2. The molecule has 35 heavy (non-hydrogen) atoms. The maximum Gasteiger partial charge on any atom is 0.265 e. The van der Waals surface area contributed by atoms with Gasteiger partial charge in [0.05, 0.1) is 25.4 Å². The molecule has 6 heteroatoms. The van der Waals surface area contributed by atoms with Gasteiger partial charge in [-0.25, -0.2) is 4.90 Å². The zero-order valence-electron chi connectivity index (χ0n) is 19.8. The number of ether oxygens (including phenoxy) is 2. The fraction of sp³-hybridized carbons (Fsp3) is 0.207. The smallest absolute Gasteiger partial charge is 0.265 e. The van der Waals surface area contributed by atoms with Crippen molar-refractivity contribution in [2.75, 3.05) is 19.1 Å². The Bertz CT molecular complexity index is 1340. The van der Waals surface area contributed by atoms with Crippen molar-refractivity contribution >= 4 is 28.4 Å². The predicted octanol–water partition coefficient (Wildman–Crippen LogP) is 5.62. The quantitative estimate of drug-likeness (QED) is 0.357. The van der Waals surface area contributed by atoms with Crippen LogP contribution in [0.3, 0.4) is 0 Å². The van der Waals surface area contributed by atoms with Crippen molar-refractivity contribution in [3.05, 3.63) is 95.2 Å². The summed E-state index contributed by atoms with van der Waals surface area (Å²) in [7, 11) is 3.15. The van der Waals surface area contributed by atoms with Crippen LogP contribution in [0.1, 0.15) is 44.8 Å². The van der Waals surface area contributed by atoms with Crippen molar-refractivity contribution in [1.29, 1.82) is 0 Å². The monoisotopic (exact) mass is 466 g/mol. The number of hydrogen-bond donors (Lipinski definition) is 0. The number of amides is 2. The number of hydrogen-bond acceptors (Lipinski definition) is 5. The lowest BCUT2D eigenvalue weighted by Crippen LogP contribution is -2.38. The number of carbonyl (C=O) groups excluding carboxylic acids is 2. The topological polar surface area (TPSA) is 68.7 Å². The van der Waals surface area contributed by atoms with E-state index in [9.17, 15) is 9.59 Å². The van der Waals surface area contributed by atoms with Crippen LogP contribution in [0.5, 0.6) is 11.5 Å². The molecule has 0 saturated heterocycles. The molecule has 0 atom stereocenters. The van der Waals surface area contributed by atoms with E-state index >= 15 is 0 Å². The van der Waals surface area contributed by atoms with Gasteiger partial charge >= 0.3 is 0 Å².